The van der Waals surface area contributed by atoms with Gasteiger partial charge in [-0.15, -0.1) is 0 Å². The van der Waals surface area contributed by atoms with Crippen LogP contribution in [0.4, 0.5) is 0 Å². The van der Waals surface area contributed by atoms with Crippen LogP contribution in [0.2, 0.25) is 0 Å². The van der Waals surface area contributed by atoms with Crippen LogP contribution in [0, 0.1) is 5.92 Å². The van der Waals surface area contributed by atoms with E-state index in [0.29, 0.717) is 0 Å². The quantitative estimate of drug-likeness (QED) is 0.281. The summed E-state index contributed by atoms with van der Waals surface area (Å²) in [5.41, 5.74) is 1.04. The lowest BCUT2D eigenvalue weighted by Crippen LogP contribution is -2.43. The van der Waals surface area contributed by atoms with Crippen LogP contribution >= 0.6 is 0 Å². The third-order valence-electron chi connectivity index (χ3n) is 6.43. The first-order valence-corrected chi connectivity index (χ1v) is 11.8. The Labute approximate surface area is 182 Å². The Hall–Kier alpha value is -2.13. The number of hydrogen-bond acceptors (Lipinski definition) is 2. The topological polar surface area (TPSA) is 35.8 Å². The fourth-order valence-electron chi connectivity index (χ4n) is 4.61. The number of piperidine rings is 1. The SMILES string of the molecule is CCCCCCCC/N=C/N1CCC(C(O)(c2ccccc2)c2ccccc2)CC1. The molecule has 1 heterocycles. The Morgan fingerprint density at radius 2 is 1.40 bits per heavy atom. The molecule has 3 nitrogen and oxygen atoms in total. The smallest absolute Gasteiger partial charge is 0.118 e. The maximum atomic E-state index is 11.9. The molecule has 3 heteroatoms. The van der Waals surface area contributed by atoms with Crippen LogP contribution in [0.1, 0.15) is 69.4 Å². The van der Waals surface area contributed by atoms with Gasteiger partial charge in [0, 0.05) is 19.6 Å². The zero-order valence-corrected chi connectivity index (χ0v) is 18.5. The lowest BCUT2D eigenvalue weighted by atomic mass is 9.72. The predicted octanol–water partition coefficient (Wildman–Crippen LogP) is 6.02. The van der Waals surface area contributed by atoms with Crippen LogP contribution in [-0.2, 0) is 5.60 Å². The van der Waals surface area contributed by atoms with E-state index in [0.717, 1.165) is 43.6 Å². The second kappa shape index (κ2) is 11.9. The molecule has 0 amide bonds. The van der Waals surface area contributed by atoms with Crippen LogP contribution in [0.25, 0.3) is 0 Å². The van der Waals surface area contributed by atoms with Crippen molar-refractivity contribution in [3.63, 3.8) is 0 Å². The van der Waals surface area contributed by atoms with E-state index in [4.69, 9.17) is 0 Å². The third-order valence-corrected chi connectivity index (χ3v) is 6.43. The number of aliphatic imine (C=N–C) groups is 1. The first-order chi connectivity index (χ1) is 14.7. The van der Waals surface area contributed by atoms with E-state index < -0.39 is 5.60 Å². The Kier molecular flexibility index (Phi) is 8.95. The van der Waals surface area contributed by atoms with E-state index >= 15 is 0 Å². The number of unbranched alkanes of at least 4 members (excludes halogenated alkanes) is 5. The van der Waals surface area contributed by atoms with Crippen molar-refractivity contribution in [3.05, 3.63) is 71.8 Å². The summed E-state index contributed by atoms with van der Waals surface area (Å²) < 4.78 is 0. The molecule has 1 fully saturated rings. The molecular formula is C27H38N2O. The van der Waals surface area contributed by atoms with Gasteiger partial charge in [-0.1, -0.05) is 99.7 Å². The second-order valence-electron chi connectivity index (χ2n) is 8.60. The minimum atomic E-state index is -0.940. The Balaban J connectivity index is 1.55. The van der Waals surface area contributed by atoms with E-state index in [9.17, 15) is 5.11 Å². The minimum Gasteiger partial charge on any atom is -0.380 e. The third kappa shape index (κ3) is 5.95. The summed E-state index contributed by atoms with van der Waals surface area (Å²) in [6.07, 6.45) is 11.8. The van der Waals surface area contributed by atoms with Crippen molar-refractivity contribution in [2.24, 2.45) is 10.9 Å². The Bertz CT molecular complexity index is 696. The molecule has 0 unspecified atom stereocenters. The lowest BCUT2D eigenvalue weighted by molar-refractivity contribution is -0.00609. The Morgan fingerprint density at radius 3 is 1.97 bits per heavy atom. The zero-order valence-electron chi connectivity index (χ0n) is 18.5. The van der Waals surface area contributed by atoms with Crippen LogP contribution < -0.4 is 0 Å². The first kappa shape index (κ1) is 22.6. The summed E-state index contributed by atoms with van der Waals surface area (Å²) in [4.78, 5) is 6.98. The highest BCUT2D eigenvalue weighted by Gasteiger charge is 2.41. The van der Waals surface area contributed by atoms with Gasteiger partial charge in [0.1, 0.15) is 5.60 Å². The van der Waals surface area contributed by atoms with Crippen LogP contribution in [0.3, 0.4) is 0 Å². The van der Waals surface area contributed by atoms with Gasteiger partial charge in [-0.3, -0.25) is 4.99 Å². The van der Waals surface area contributed by atoms with E-state index in [2.05, 4.69) is 41.1 Å². The van der Waals surface area contributed by atoms with Crippen molar-refractivity contribution in [1.82, 2.24) is 4.90 Å². The van der Waals surface area contributed by atoms with E-state index in [1.807, 2.05) is 42.7 Å². The van der Waals surface area contributed by atoms with E-state index in [1.165, 1.54) is 38.5 Å². The van der Waals surface area contributed by atoms with Gasteiger partial charge in [0.25, 0.3) is 0 Å². The molecule has 0 aliphatic carbocycles. The Morgan fingerprint density at radius 1 is 0.867 bits per heavy atom. The summed E-state index contributed by atoms with van der Waals surface area (Å²) in [5, 5.41) is 11.9. The van der Waals surface area contributed by atoms with Gasteiger partial charge in [0.15, 0.2) is 0 Å². The van der Waals surface area contributed by atoms with E-state index in [-0.39, 0.29) is 5.92 Å². The van der Waals surface area contributed by atoms with Crippen LogP contribution in [0.15, 0.2) is 65.7 Å². The highest BCUT2D eigenvalue weighted by molar-refractivity contribution is 5.55. The molecule has 0 radical (unpaired) electrons. The average Bonchev–Trinajstić information content (AvgIpc) is 2.82. The predicted molar refractivity (Wildman–Crippen MR) is 127 cm³/mol. The summed E-state index contributed by atoms with van der Waals surface area (Å²) in [5.74, 6) is 0.200. The molecule has 162 valence electrons. The number of nitrogens with zero attached hydrogens (tertiary/aromatic N) is 2. The maximum absolute atomic E-state index is 11.9. The molecule has 2 aromatic carbocycles. The molecule has 30 heavy (non-hydrogen) atoms. The van der Waals surface area contributed by atoms with Crippen molar-refractivity contribution in [3.8, 4) is 0 Å². The molecule has 0 spiro atoms. The molecule has 3 rings (SSSR count). The fraction of sp³-hybridized carbons (Fsp3) is 0.519. The minimum absolute atomic E-state index is 0.200. The van der Waals surface area contributed by atoms with Gasteiger partial charge in [0.05, 0.1) is 6.34 Å². The van der Waals surface area contributed by atoms with Crippen LogP contribution in [-0.4, -0.2) is 36.0 Å². The van der Waals surface area contributed by atoms with Gasteiger partial charge in [-0.05, 0) is 36.3 Å². The van der Waals surface area contributed by atoms with Gasteiger partial charge in [-0.2, -0.15) is 0 Å². The molecule has 0 aromatic heterocycles. The highest BCUT2D eigenvalue weighted by atomic mass is 16.3. The molecule has 0 atom stereocenters. The number of benzene rings is 2. The van der Waals surface area contributed by atoms with Crippen molar-refractivity contribution in [2.75, 3.05) is 19.6 Å². The molecule has 0 bridgehead atoms. The van der Waals surface area contributed by atoms with Gasteiger partial charge < -0.3 is 10.0 Å². The summed E-state index contributed by atoms with van der Waals surface area (Å²) in [6, 6.07) is 20.3. The van der Waals surface area contributed by atoms with Crippen molar-refractivity contribution < 1.29 is 5.11 Å². The summed E-state index contributed by atoms with van der Waals surface area (Å²) in [6.45, 7) is 5.09. The van der Waals surface area contributed by atoms with Crippen molar-refractivity contribution >= 4 is 6.34 Å². The summed E-state index contributed by atoms with van der Waals surface area (Å²) in [7, 11) is 0. The molecular weight excluding hydrogens is 368 g/mol. The van der Waals surface area contributed by atoms with Crippen molar-refractivity contribution in [2.45, 2.75) is 63.9 Å². The van der Waals surface area contributed by atoms with Crippen LogP contribution in [0.5, 0.6) is 0 Å². The molecule has 1 aliphatic rings. The second-order valence-corrected chi connectivity index (χ2v) is 8.60. The van der Waals surface area contributed by atoms with Crippen molar-refractivity contribution in [1.29, 1.82) is 0 Å². The molecule has 2 aromatic rings. The largest absolute Gasteiger partial charge is 0.380 e. The normalized spacial score (nSPS) is 15.7. The highest BCUT2D eigenvalue weighted by Crippen LogP contribution is 2.41. The lowest BCUT2D eigenvalue weighted by Gasteiger charge is -2.42. The van der Waals surface area contributed by atoms with Gasteiger partial charge in [0.2, 0.25) is 0 Å². The number of likely N-dealkylation sites (tertiary alicyclic amines) is 1. The summed E-state index contributed by atoms with van der Waals surface area (Å²) >= 11 is 0. The number of rotatable bonds is 11. The molecule has 0 saturated carbocycles. The standard InChI is InChI=1S/C27H38N2O/c1-2-3-4-5-6-13-20-28-23-29-21-18-26(19-22-29)27(30,24-14-9-7-10-15-24)25-16-11-8-12-17-25/h7-12,14-17,23,26,30H,2-6,13,18-22H2,1H3/b28-23+. The molecule has 1 saturated heterocycles. The maximum Gasteiger partial charge on any atom is 0.118 e. The van der Waals surface area contributed by atoms with Gasteiger partial charge in [-0.25, -0.2) is 0 Å². The number of hydrogen-bond donors (Lipinski definition) is 1. The number of aliphatic hydroxyl groups is 1. The molecule has 1 aliphatic heterocycles. The van der Waals surface area contributed by atoms with E-state index in [1.54, 1.807) is 0 Å². The molecule has 1 N–H and O–H groups in total. The average molecular weight is 407 g/mol. The first-order valence-electron chi connectivity index (χ1n) is 11.8. The monoisotopic (exact) mass is 406 g/mol. The zero-order chi connectivity index (χ0) is 21.1. The van der Waals surface area contributed by atoms with Gasteiger partial charge >= 0.3 is 0 Å². The fourth-order valence-corrected chi connectivity index (χ4v) is 4.61.